The first kappa shape index (κ1) is 12.4. The van der Waals surface area contributed by atoms with Crippen LogP contribution in [0.15, 0.2) is 11.4 Å². The number of aromatic nitrogens is 3. The molecule has 0 amide bonds. The first-order chi connectivity index (χ1) is 8.17. The molecular formula is C11H12ClN3OS. The van der Waals surface area contributed by atoms with E-state index in [0.29, 0.717) is 24.0 Å². The maximum absolute atomic E-state index is 5.93. The van der Waals surface area contributed by atoms with E-state index in [4.69, 9.17) is 16.3 Å². The molecule has 2 aromatic heterocycles. The van der Waals surface area contributed by atoms with E-state index in [1.165, 1.54) is 0 Å². The summed E-state index contributed by atoms with van der Waals surface area (Å²) in [5.41, 5.74) is 1.76. The van der Waals surface area contributed by atoms with Gasteiger partial charge in [0.1, 0.15) is 11.0 Å². The molecule has 17 heavy (non-hydrogen) atoms. The van der Waals surface area contributed by atoms with Gasteiger partial charge in [-0.25, -0.2) is 15.0 Å². The van der Waals surface area contributed by atoms with Crippen molar-refractivity contribution >= 4 is 22.9 Å². The van der Waals surface area contributed by atoms with Crippen LogP contribution >= 0.6 is 22.9 Å². The van der Waals surface area contributed by atoms with E-state index in [1.54, 1.807) is 24.5 Å². The summed E-state index contributed by atoms with van der Waals surface area (Å²) < 4.78 is 5.03. The molecule has 4 nitrogen and oxygen atoms in total. The zero-order valence-electron chi connectivity index (χ0n) is 9.61. The van der Waals surface area contributed by atoms with Crippen LogP contribution in [0.3, 0.4) is 0 Å². The van der Waals surface area contributed by atoms with Crippen LogP contribution in [-0.2, 0) is 17.8 Å². The van der Waals surface area contributed by atoms with Gasteiger partial charge in [-0.15, -0.1) is 11.3 Å². The van der Waals surface area contributed by atoms with Crippen molar-refractivity contribution in [1.82, 2.24) is 15.0 Å². The van der Waals surface area contributed by atoms with Crippen LogP contribution in [0.5, 0.6) is 0 Å². The van der Waals surface area contributed by atoms with Crippen LogP contribution < -0.4 is 0 Å². The molecule has 2 heterocycles. The van der Waals surface area contributed by atoms with Gasteiger partial charge in [-0.1, -0.05) is 11.6 Å². The third-order valence-corrected chi connectivity index (χ3v) is 3.11. The summed E-state index contributed by atoms with van der Waals surface area (Å²) in [4.78, 5) is 12.9. The number of aryl methyl sites for hydroxylation is 1. The monoisotopic (exact) mass is 269 g/mol. The Hall–Kier alpha value is -1.04. The zero-order chi connectivity index (χ0) is 12.3. The van der Waals surface area contributed by atoms with Gasteiger partial charge in [0.05, 0.1) is 29.4 Å². The van der Waals surface area contributed by atoms with Crippen molar-refractivity contribution < 1.29 is 4.74 Å². The Morgan fingerprint density at radius 2 is 2.12 bits per heavy atom. The summed E-state index contributed by atoms with van der Waals surface area (Å²) in [5.74, 6) is 0.676. The molecule has 0 radical (unpaired) electrons. The van der Waals surface area contributed by atoms with Gasteiger partial charge < -0.3 is 4.74 Å². The summed E-state index contributed by atoms with van der Waals surface area (Å²) in [6.07, 6.45) is 0.599. The van der Waals surface area contributed by atoms with Crippen molar-refractivity contribution in [1.29, 1.82) is 0 Å². The van der Waals surface area contributed by atoms with Gasteiger partial charge in [0, 0.05) is 12.5 Å². The number of halogens is 1. The Labute approximate surface area is 109 Å². The average molecular weight is 270 g/mol. The summed E-state index contributed by atoms with van der Waals surface area (Å²) >= 11 is 7.55. The van der Waals surface area contributed by atoms with Gasteiger partial charge >= 0.3 is 0 Å². The first-order valence-electron chi connectivity index (χ1n) is 5.09. The SMILES string of the molecule is COCc1cc(Cl)nc(Cc2csc(C)n2)n1. The first-order valence-corrected chi connectivity index (χ1v) is 6.35. The standard InChI is InChI=1S/C11H12ClN3OS/c1-7-13-9(6-17-7)4-11-14-8(5-16-2)3-10(12)15-11/h3,6H,4-5H2,1-2H3. The van der Waals surface area contributed by atoms with E-state index in [1.807, 2.05) is 12.3 Å². The Morgan fingerprint density at radius 3 is 2.76 bits per heavy atom. The fourth-order valence-corrected chi connectivity index (χ4v) is 2.30. The smallest absolute Gasteiger partial charge is 0.136 e. The number of nitrogens with zero attached hydrogens (tertiary/aromatic N) is 3. The number of hydrogen-bond donors (Lipinski definition) is 0. The van der Waals surface area contributed by atoms with Gasteiger partial charge in [0.25, 0.3) is 0 Å². The second-order valence-electron chi connectivity index (χ2n) is 3.57. The molecule has 0 unspecified atom stereocenters. The van der Waals surface area contributed by atoms with Crippen LogP contribution in [0.1, 0.15) is 22.2 Å². The highest BCUT2D eigenvalue weighted by molar-refractivity contribution is 7.09. The Kier molecular flexibility index (Phi) is 4.04. The highest BCUT2D eigenvalue weighted by atomic mass is 35.5. The molecule has 0 bridgehead atoms. The van der Waals surface area contributed by atoms with E-state index in [9.17, 15) is 0 Å². The van der Waals surface area contributed by atoms with E-state index in [-0.39, 0.29) is 0 Å². The molecule has 0 fully saturated rings. The molecule has 2 aromatic rings. The Balaban J connectivity index is 2.20. The maximum Gasteiger partial charge on any atom is 0.136 e. The van der Waals surface area contributed by atoms with Crippen molar-refractivity contribution in [3.63, 3.8) is 0 Å². The third kappa shape index (κ3) is 3.46. The van der Waals surface area contributed by atoms with Gasteiger partial charge in [-0.3, -0.25) is 0 Å². The normalized spacial score (nSPS) is 10.8. The number of methoxy groups -OCH3 is 1. The van der Waals surface area contributed by atoms with Crippen LogP contribution in [0.25, 0.3) is 0 Å². The maximum atomic E-state index is 5.93. The molecule has 0 aliphatic heterocycles. The van der Waals surface area contributed by atoms with Crippen molar-refractivity contribution in [2.75, 3.05) is 7.11 Å². The molecule has 0 aliphatic carbocycles. The van der Waals surface area contributed by atoms with Crippen molar-refractivity contribution in [3.8, 4) is 0 Å². The van der Waals surface area contributed by atoms with Gasteiger partial charge in [-0.2, -0.15) is 0 Å². The minimum absolute atomic E-state index is 0.436. The van der Waals surface area contributed by atoms with E-state index >= 15 is 0 Å². The molecule has 6 heteroatoms. The lowest BCUT2D eigenvalue weighted by molar-refractivity contribution is 0.181. The zero-order valence-corrected chi connectivity index (χ0v) is 11.2. The van der Waals surface area contributed by atoms with Crippen LogP contribution in [0.2, 0.25) is 5.15 Å². The molecule has 0 saturated carbocycles. The fourth-order valence-electron chi connectivity index (χ4n) is 1.47. The summed E-state index contributed by atoms with van der Waals surface area (Å²) in [6.45, 7) is 2.41. The molecule has 0 saturated heterocycles. The molecule has 0 aliphatic rings. The quantitative estimate of drug-likeness (QED) is 0.801. The molecule has 0 spiro atoms. The molecule has 2 rings (SSSR count). The Morgan fingerprint density at radius 1 is 1.29 bits per heavy atom. The van der Waals surface area contributed by atoms with Crippen LogP contribution in [0, 0.1) is 6.92 Å². The minimum atomic E-state index is 0.436. The third-order valence-electron chi connectivity index (χ3n) is 2.09. The van der Waals surface area contributed by atoms with E-state index in [2.05, 4.69) is 15.0 Å². The van der Waals surface area contributed by atoms with Gasteiger partial charge in [0.15, 0.2) is 0 Å². The largest absolute Gasteiger partial charge is 0.378 e. The van der Waals surface area contributed by atoms with Crippen molar-refractivity contribution in [3.05, 3.63) is 38.8 Å². The topological polar surface area (TPSA) is 47.9 Å². The number of ether oxygens (including phenoxy) is 1. The molecule has 0 atom stereocenters. The predicted octanol–water partition coefficient (Wildman–Crippen LogP) is 2.63. The molecule has 0 aromatic carbocycles. The van der Waals surface area contributed by atoms with E-state index in [0.717, 1.165) is 16.4 Å². The lowest BCUT2D eigenvalue weighted by Crippen LogP contribution is -2.02. The van der Waals surface area contributed by atoms with Gasteiger partial charge in [0.2, 0.25) is 0 Å². The number of hydrogen-bond acceptors (Lipinski definition) is 5. The van der Waals surface area contributed by atoms with Gasteiger partial charge in [-0.05, 0) is 13.0 Å². The molecular weight excluding hydrogens is 258 g/mol. The number of rotatable bonds is 4. The summed E-state index contributed by atoms with van der Waals surface area (Å²) in [5, 5.41) is 3.49. The molecule has 90 valence electrons. The lowest BCUT2D eigenvalue weighted by atomic mass is 10.3. The van der Waals surface area contributed by atoms with Crippen molar-refractivity contribution in [2.45, 2.75) is 20.0 Å². The average Bonchev–Trinajstić information content (AvgIpc) is 2.63. The Bertz CT molecular complexity index is 515. The van der Waals surface area contributed by atoms with Crippen molar-refractivity contribution in [2.24, 2.45) is 0 Å². The predicted molar refractivity (Wildman–Crippen MR) is 67.4 cm³/mol. The summed E-state index contributed by atoms with van der Waals surface area (Å²) in [7, 11) is 1.62. The molecule has 0 N–H and O–H groups in total. The van der Waals surface area contributed by atoms with Crippen LogP contribution in [-0.4, -0.2) is 22.1 Å². The second kappa shape index (κ2) is 5.53. The van der Waals surface area contributed by atoms with E-state index < -0.39 is 0 Å². The minimum Gasteiger partial charge on any atom is -0.378 e. The number of thiazole rings is 1. The van der Waals surface area contributed by atoms with Crippen LogP contribution in [0.4, 0.5) is 0 Å². The fraction of sp³-hybridized carbons (Fsp3) is 0.364. The highest BCUT2D eigenvalue weighted by Gasteiger charge is 2.06. The second-order valence-corrected chi connectivity index (χ2v) is 5.02. The summed E-state index contributed by atoms with van der Waals surface area (Å²) in [6, 6.07) is 1.71. The lowest BCUT2D eigenvalue weighted by Gasteiger charge is -2.03. The highest BCUT2D eigenvalue weighted by Crippen LogP contribution is 2.14.